The van der Waals surface area contributed by atoms with Crippen molar-refractivity contribution in [1.29, 1.82) is 0 Å². The lowest BCUT2D eigenvalue weighted by Crippen LogP contribution is -2.56. The first-order valence-corrected chi connectivity index (χ1v) is 9.57. The van der Waals surface area contributed by atoms with Crippen molar-refractivity contribution in [3.8, 4) is 0 Å². The Morgan fingerprint density at radius 3 is 2.30 bits per heavy atom. The molecule has 0 saturated heterocycles. The summed E-state index contributed by atoms with van der Waals surface area (Å²) in [4.78, 5) is 50.9. The predicted molar refractivity (Wildman–Crippen MR) is 106 cm³/mol. The van der Waals surface area contributed by atoms with Gasteiger partial charge in [-0.2, -0.15) is 0 Å². The average Bonchev–Trinajstić information content (AvgIpc) is 2.70. The van der Waals surface area contributed by atoms with Gasteiger partial charge in [0.15, 0.2) is 0 Å². The van der Waals surface area contributed by atoms with Crippen molar-refractivity contribution in [2.24, 2.45) is 0 Å². The normalized spacial score (nSPS) is 16.7. The van der Waals surface area contributed by atoms with E-state index in [1.165, 1.54) is 12.0 Å². The zero-order valence-corrected chi connectivity index (χ0v) is 17.9. The van der Waals surface area contributed by atoms with Gasteiger partial charge in [0.1, 0.15) is 17.7 Å². The van der Waals surface area contributed by atoms with Gasteiger partial charge >= 0.3 is 18.0 Å². The van der Waals surface area contributed by atoms with Crippen LogP contribution in [0.1, 0.15) is 38.3 Å². The predicted octanol–water partition coefficient (Wildman–Crippen LogP) is 1.57. The highest BCUT2D eigenvalue weighted by Gasteiger charge is 2.38. The second-order valence-electron chi connectivity index (χ2n) is 7.96. The van der Waals surface area contributed by atoms with E-state index in [0.29, 0.717) is 0 Å². The molecule has 2 atom stereocenters. The zero-order valence-electron chi connectivity index (χ0n) is 17.9. The average molecular weight is 420 g/mol. The number of nitrogens with one attached hydrogen (secondary N) is 1. The Morgan fingerprint density at radius 2 is 1.73 bits per heavy atom. The standard InChI is InChI=1S/C21H28N2O7/c1-21(2,3)30-20(27)23-12-14-9-7-6-8-13(14)10-16(23)18(25)22-15(19(26)29-5)11-17(24)28-4/h6-9,15-16H,10-12H2,1-5H3,(H,22,25)/t15-,16-/m0/s1. The molecule has 0 saturated carbocycles. The SMILES string of the molecule is COC(=O)C[C@H](NC(=O)[C@@H]1Cc2ccccc2CN1C(=O)OC(C)(C)C)C(=O)OC. The lowest BCUT2D eigenvalue weighted by molar-refractivity contribution is -0.151. The lowest BCUT2D eigenvalue weighted by atomic mass is 9.93. The summed E-state index contributed by atoms with van der Waals surface area (Å²) in [6.45, 7) is 5.40. The van der Waals surface area contributed by atoms with Crippen LogP contribution in [0.4, 0.5) is 4.79 Å². The van der Waals surface area contributed by atoms with Crippen molar-refractivity contribution in [2.45, 2.75) is 57.8 Å². The van der Waals surface area contributed by atoms with Crippen LogP contribution in [0.15, 0.2) is 24.3 Å². The summed E-state index contributed by atoms with van der Waals surface area (Å²) in [5.41, 5.74) is 1.08. The minimum absolute atomic E-state index is 0.184. The van der Waals surface area contributed by atoms with Crippen molar-refractivity contribution < 1.29 is 33.4 Å². The van der Waals surface area contributed by atoms with E-state index in [1.807, 2.05) is 24.3 Å². The number of nitrogens with zero attached hydrogens (tertiary/aromatic N) is 1. The highest BCUT2D eigenvalue weighted by Crippen LogP contribution is 2.25. The number of benzene rings is 1. The molecule has 0 fully saturated rings. The molecule has 1 N–H and O–H groups in total. The highest BCUT2D eigenvalue weighted by atomic mass is 16.6. The molecule has 0 bridgehead atoms. The fourth-order valence-electron chi connectivity index (χ4n) is 3.12. The largest absolute Gasteiger partial charge is 0.469 e. The highest BCUT2D eigenvalue weighted by molar-refractivity contribution is 5.92. The van der Waals surface area contributed by atoms with Crippen LogP contribution in [0.5, 0.6) is 0 Å². The van der Waals surface area contributed by atoms with Gasteiger partial charge in [-0.05, 0) is 31.9 Å². The number of amides is 2. The van der Waals surface area contributed by atoms with Gasteiger partial charge in [0, 0.05) is 6.42 Å². The van der Waals surface area contributed by atoms with E-state index in [2.05, 4.69) is 14.8 Å². The van der Waals surface area contributed by atoms with Gasteiger partial charge in [-0.1, -0.05) is 24.3 Å². The van der Waals surface area contributed by atoms with E-state index >= 15 is 0 Å². The van der Waals surface area contributed by atoms with Crippen LogP contribution in [-0.4, -0.2) is 60.7 Å². The van der Waals surface area contributed by atoms with Crippen LogP contribution >= 0.6 is 0 Å². The molecule has 2 rings (SSSR count). The van der Waals surface area contributed by atoms with Gasteiger partial charge in [-0.25, -0.2) is 9.59 Å². The van der Waals surface area contributed by atoms with Crippen LogP contribution < -0.4 is 5.32 Å². The summed E-state index contributed by atoms with van der Waals surface area (Å²) >= 11 is 0. The second-order valence-corrected chi connectivity index (χ2v) is 7.96. The van der Waals surface area contributed by atoms with Crippen molar-refractivity contribution in [3.05, 3.63) is 35.4 Å². The van der Waals surface area contributed by atoms with E-state index in [9.17, 15) is 19.2 Å². The van der Waals surface area contributed by atoms with Crippen LogP contribution in [0.2, 0.25) is 0 Å². The van der Waals surface area contributed by atoms with Gasteiger partial charge in [0.05, 0.1) is 27.2 Å². The van der Waals surface area contributed by atoms with Crippen molar-refractivity contribution in [1.82, 2.24) is 10.2 Å². The summed E-state index contributed by atoms with van der Waals surface area (Å²) < 4.78 is 14.7. The van der Waals surface area contributed by atoms with E-state index in [0.717, 1.165) is 18.2 Å². The van der Waals surface area contributed by atoms with Gasteiger partial charge in [0.25, 0.3) is 0 Å². The Labute approximate surface area is 175 Å². The molecule has 30 heavy (non-hydrogen) atoms. The number of carbonyl (C=O) groups is 4. The molecule has 1 aromatic rings. The minimum atomic E-state index is -1.23. The molecule has 9 heteroatoms. The first-order valence-electron chi connectivity index (χ1n) is 9.57. The summed E-state index contributed by atoms with van der Waals surface area (Å²) in [5, 5.41) is 2.52. The second kappa shape index (κ2) is 9.60. The number of rotatable bonds is 5. The summed E-state index contributed by atoms with van der Waals surface area (Å²) in [7, 11) is 2.34. The fourth-order valence-corrected chi connectivity index (χ4v) is 3.12. The first kappa shape index (κ1) is 23.2. The molecule has 0 spiro atoms. The molecule has 9 nitrogen and oxygen atoms in total. The minimum Gasteiger partial charge on any atom is -0.469 e. The zero-order chi connectivity index (χ0) is 22.5. The maximum Gasteiger partial charge on any atom is 0.411 e. The number of hydrogen-bond donors (Lipinski definition) is 1. The number of carbonyl (C=O) groups excluding carboxylic acids is 4. The third-order valence-electron chi connectivity index (χ3n) is 4.58. The molecule has 0 radical (unpaired) electrons. The number of hydrogen-bond acceptors (Lipinski definition) is 7. The van der Waals surface area contributed by atoms with Gasteiger partial charge < -0.3 is 19.5 Å². The van der Waals surface area contributed by atoms with Crippen LogP contribution in [-0.2, 0) is 41.6 Å². The maximum absolute atomic E-state index is 13.1. The summed E-state index contributed by atoms with van der Waals surface area (Å²) in [6.07, 6.45) is -0.780. The summed E-state index contributed by atoms with van der Waals surface area (Å²) in [5.74, 6) is -2.05. The molecule has 0 aromatic heterocycles. The van der Waals surface area contributed by atoms with Crippen molar-refractivity contribution in [3.63, 3.8) is 0 Å². The van der Waals surface area contributed by atoms with Crippen LogP contribution in [0.25, 0.3) is 0 Å². The van der Waals surface area contributed by atoms with Gasteiger partial charge in [-0.15, -0.1) is 0 Å². The first-order chi connectivity index (χ1) is 14.1. The fraction of sp³-hybridized carbons (Fsp3) is 0.524. The van der Waals surface area contributed by atoms with Gasteiger partial charge in [0.2, 0.25) is 5.91 Å². The van der Waals surface area contributed by atoms with Crippen molar-refractivity contribution in [2.75, 3.05) is 14.2 Å². The lowest BCUT2D eigenvalue weighted by Gasteiger charge is -2.37. The van der Waals surface area contributed by atoms with Crippen molar-refractivity contribution >= 4 is 23.9 Å². The van der Waals surface area contributed by atoms with Gasteiger partial charge in [-0.3, -0.25) is 14.5 Å². The Hall–Kier alpha value is -3.10. The molecule has 1 aromatic carbocycles. The van der Waals surface area contributed by atoms with E-state index in [-0.39, 0.29) is 19.4 Å². The van der Waals surface area contributed by atoms with E-state index < -0.39 is 41.6 Å². The molecule has 1 aliphatic rings. The van der Waals surface area contributed by atoms with E-state index in [1.54, 1.807) is 20.8 Å². The molecule has 2 amide bonds. The topological polar surface area (TPSA) is 111 Å². The van der Waals surface area contributed by atoms with E-state index in [4.69, 9.17) is 4.74 Å². The number of methoxy groups -OCH3 is 2. The Bertz CT molecular complexity index is 816. The number of fused-ring (bicyclic) bond motifs is 1. The summed E-state index contributed by atoms with van der Waals surface area (Å²) in [6, 6.07) is 5.33. The Kier molecular flexibility index (Phi) is 7.42. The number of ether oxygens (including phenoxy) is 3. The maximum atomic E-state index is 13.1. The molecule has 1 heterocycles. The molecule has 0 unspecified atom stereocenters. The molecular formula is C21H28N2O7. The Morgan fingerprint density at radius 1 is 1.10 bits per heavy atom. The quantitative estimate of drug-likeness (QED) is 0.568. The smallest absolute Gasteiger partial charge is 0.411 e. The molecule has 0 aliphatic carbocycles. The Balaban J connectivity index is 2.28. The molecule has 1 aliphatic heterocycles. The molecular weight excluding hydrogens is 392 g/mol. The monoisotopic (exact) mass is 420 g/mol. The number of esters is 2. The third kappa shape index (κ3) is 5.95. The molecule has 164 valence electrons. The third-order valence-corrected chi connectivity index (χ3v) is 4.58. The van der Waals surface area contributed by atoms with Crippen LogP contribution in [0, 0.1) is 0 Å². The van der Waals surface area contributed by atoms with Crippen LogP contribution in [0.3, 0.4) is 0 Å².